The number of aryl methyl sites for hydroxylation is 4. The Morgan fingerprint density at radius 1 is 1.10 bits per heavy atom. The second-order valence-corrected chi connectivity index (χ2v) is 11.5. The molecule has 39 heavy (non-hydrogen) atoms. The summed E-state index contributed by atoms with van der Waals surface area (Å²) in [6.45, 7) is 17.8. The molecular weight excluding hydrogens is 496 g/mol. The van der Waals surface area contributed by atoms with Gasteiger partial charge in [0.05, 0.1) is 17.3 Å². The fraction of sp³-hybridized carbons (Fsp3) is 0.353. The largest absolute Gasteiger partial charge is 0.382 e. The molecule has 204 valence electrons. The van der Waals surface area contributed by atoms with Gasteiger partial charge in [-0.15, -0.1) is 19.2 Å². The van der Waals surface area contributed by atoms with Crippen LogP contribution in [0.25, 0.3) is 5.70 Å². The fourth-order valence-corrected chi connectivity index (χ4v) is 6.01. The van der Waals surface area contributed by atoms with Gasteiger partial charge >= 0.3 is 0 Å². The van der Waals surface area contributed by atoms with Crippen molar-refractivity contribution in [3.63, 3.8) is 0 Å². The number of fused-ring (bicyclic) bond motifs is 1. The Bertz CT molecular complexity index is 1370. The topological polar surface area (TPSA) is 42.2 Å². The lowest BCUT2D eigenvalue weighted by atomic mass is 9.76. The standard InChI is InChI=1S/C34H42N4S/c1-7-28-19-27(11-10-14-32-35-17-18-38(32)6)15-16-31(28)25(4)37-33(39)23-36-26(5)34(20-24(2)3)21-29-12-8-9-13-30(29)22-34/h8-9,12-13,15-19,36H,2,4-5,7,10-11,14,20-23H2,1,3,6H3,(H,37,39). The smallest absolute Gasteiger partial charge is 0.108 e. The number of nitrogens with zero attached hydrogens (tertiary/aromatic N) is 3. The highest BCUT2D eigenvalue weighted by atomic mass is 32.1. The molecular formula is C34H42N4S. The van der Waals surface area contributed by atoms with Gasteiger partial charge < -0.3 is 9.88 Å². The van der Waals surface area contributed by atoms with Crippen molar-refractivity contribution in [2.45, 2.75) is 58.8 Å². The first-order chi connectivity index (χ1) is 18.7. The molecule has 0 bridgehead atoms. The Balaban J connectivity index is 1.37. The highest BCUT2D eigenvalue weighted by Crippen LogP contribution is 2.45. The Morgan fingerprint density at radius 3 is 2.44 bits per heavy atom. The van der Waals surface area contributed by atoms with E-state index in [1.807, 2.05) is 19.4 Å². The molecule has 0 radical (unpaired) electrons. The molecule has 4 nitrogen and oxygen atoms in total. The van der Waals surface area contributed by atoms with Crippen LogP contribution < -0.4 is 5.32 Å². The van der Waals surface area contributed by atoms with Gasteiger partial charge in [-0.05, 0) is 67.7 Å². The molecule has 1 heterocycles. The number of benzene rings is 2. The Hall–Kier alpha value is -3.31. The maximum absolute atomic E-state index is 4.77. The van der Waals surface area contributed by atoms with Crippen LogP contribution in [0.4, 0.5) is 0 Å². The summed E-state index contributed by atoms with van der Waals surface area (Å²) in [5.41, 5.74) is 9.37. The summed E-state index contributed by atoms with van der Waals surface area (Å²) < 4.78 is 2.09. The van der Waals surface area contributed by atoms with E-state index in [1.165, 1.54) is 27.8 Å². The first-order valence-corrected chi connectivity index (χ1v) is 14.3. The van der Waals surface area contributed by atoms with Gasteiger partial charge in [-0.3, -0.25) is 0 Å². The van der Waals surface area contributed by atoms with Crippen LogP contribution in [-0.4, -0.2) is 21.1 Å². The van der Waals surface area contributed by atoms with Crippen molar-refractivity contribution in [1.29, 1.82) is 0 Å². The van der Waals surface area contributed by atoms with Crippen molar-refractivity contribution >= 4 is 23.4 Å². The van der Waals surface area contributed by atoms with E-state index in [1.54, 1.807) is 0 Å². The molecule has 0 unspecified atom stereocenters. The van der Waals surface area contributed by atoms with E-state index < -0.39 is 0 Å². The molecule has 4 rings (SSSR count). The number of thiol groups is 1. The van der Waals surface area contributed by atoms with Crippen LogP contribution in [0.1, 0.15) is 60.3 Å². The predicted molar refractivity (Wildman–Crippen MR) is 169 cm³/mol. The first kappa shape index (κ1) is 28.7. The summed E-state index contributed by atoms with van der Waals surface area (Å²) >= 11 is 4.71. The van der Waals surface area contributed by atoms with Gasteiger partial charge in [0, 0.05) is 42.5 Å². The lowest BCUT2D eigenvalue weighted by Gasteiger charge is -2.32. The van der Waals surface area contributed by atoms with Crippen molar-refractivity contribution < 1.29 is 0 Å². The van der Waals surface area contributed by atoms with Crippen LogP contribution >= 0.6 is 12.6 Å². The lowest BCUT2D eigenvalue weighted by Crippen LogP contribution is -2.34. The van der Waals surface area contributed by atoms with E-state index in [-0.39, 0.29) is 5.41 Å². The predicted octanol–water partition coefficient (Wildman–Crippen LogP) is 7.31. The average Bonchev–Trinajstić information content (AvgIpc) is 3.49. The molecule has 0 amide bonds. The monoisotopic (exact) mass is 538 g/mol. The Labute approximate surface area is 240 Å². The van der Waals surface area contributed by atoms with Crippen molar-refractivity contribution in [2.24, 2.45) is 17.5 Å². The van der Waals surface area contributed by atoms with Crippen LogP contribution in [0, 0.1) is 5.41 Å². The van der Waals surface area contributed by atoms with E-state index in [2.05, 4.69) is 90.9 Å². The fourth-order valence-electron chi connectivity index (χ4n) is 5.81. The maximum Gasteiger partial charge on any atom is 0.108 e. The van der Waals surface area contributed by atoms with Gasteiger partial charge in [-0.1, -0.05) is 68.1 Å². The quantitative estimate of drug-likeness (QED) is 0.104. The third-order valence-electron chi connectivity index (χ3n) is 7.83. The minimum atomic E-state index is -0.0674. The zero-order valence-corrected chi connectivity index (χ0v) is 24.7. The molecule has 1 aromatic heterocycles. The summed E-state index contributed by atoms with van der Waals surface area (Å²) in [6.07, 6.45) is 10.7. The van der Waals surface area contributed by atoms with Crippen LogP contribution in [-0.2, 0) is 39.2 Å². The Kier molecular flexibility index (Phi) is 9.34. The molecule has 0 saturated heterocycles. The third-order valence-corrected chi connectivity index (χ3v) is 8.09. The maximum atomic E-state index is 4.77. The van der Waals surface area contributed by atoms with E-state index in [0.29, 0.717) is 11.6 Å². The van der Waals surface area contributed by atoms with Crippen molar-refractivity contribution in [1.82, 2.24) is 14.9 Å². The van der Waals surface area contributed by atoms with Gasteiger partial charge in [0.1, 0.15) is 5.82 Å². The normalized spacial score (nSPS) is 14.2. The summed E-state index contributed by atoms with van der Waals surface area (Å²) in [7, 11) is 2.05. The third kappa shape index (κ3) is 7.02. The average molecular weight is 539 g/mol. The number of imidazole rings is 1. The number of rotatable bonds is 13. The first-order valence-electron chi connectivity index (χ1n) is 13.9. The van der Waals surface area contributed by atoms with Gasteiger partial charge in [-0.25, -0.2) is 9.98 Å². The number of aliphatic imine (C=N–C) groups is 1. The number of aromatic nitrogens is 2. The number of hydrogen-bond acceptors (Lipinski definition) is 3. The van der Waals surface area contributed by atoms with Crippen LogP contribution in [0.3, 0.4) is 0 Å². The minimum absolute atomic E-state index is 0.0674. The van der Waals surface area contributed by atoms with E-state index in [4.69, 9.17) is 17.6 Å². The zero-order valence-electron chi connectivity index (χ0n) is 23.8. The minimum Gasteiger partial charge on any atom is -0.382 e. The van der Waals surface area contributed by atoms with Gasteiger partial charge in [-0.2, -0.15) is 0 Å². The molecule has 0 saturated carbocycles. The second kappa shape index (κ2) is 12.7. The molecule has 0 fully saturated rings. The molecule has 0 atom stereocenters. The number of hydrogen-bond donors (Lipinski definition) is 2. The van der Waals surface area contributed by atoms with Crippen LogP contribution in [0.5, 0.6) is 0 Å². The molecule has 0 aliphatic heterocycles. The summed E-state index contributed by atoms with van der Waals surface area (Å²) in [6, 6.07) is 15.4. The van der Waals surface area contributed by atoms with Gasteiger partial charge in [0.2, 0.25) is 0 Å². The summed E-state index contributed by atoms with van der Waals surface area (Å²) in [5, 5.41) is 4.25. The second-order valence-electron chi connectivity index (χ2n) is 11.0. The highest BCUT2D eigenvalue weighted by Gasteiger charge is 2.39. The highest BCUT2D eigenvalue weighted by molar-refractivity contribution is 7.97. The molecule has 5 heteroatoms. The van der Waals surface area contributed by atoms with Crippen molar-refractivity contribution in [2.75, 3.05) is 6.54 Å². The van der Waals surface area contributed by atoms with Crippen LogP contribution in [0.2, 0.25) is 0 Å². The molecule has 2 aromatic carbocycles. The molecule has 1 aliphatic rings. The van der Waals surface area contributed by atoms with Crippen molar-refractivity contribution in [3.05, 3.63) is 120 Å². The summed E-state index contributed by atoms with van der Waals surface area (Å²) in [4.78, 5) is 9.20. The SMILES string of the molecule is C=C(C)CC1(C(=C)NC/C(S)=N/C(=C)c2ccc(CCCc3nccn3C)cc2CC)Cc2ccccc2C1. The van der Waals surface area contributed by atoms with Gasteiger partial charge in [0.25, 0.3) is 0 Å². The molecule has 3 aromatic rings. The molecule has 1 N–H and O–H groups in total. The van der Waals surface area contributed by atoms with Gasteiger partial charge in [0.15, 0.2) is 0 Å². The van der Waals surface area contributed by atoms with E-state index >= 15 is 0 Å². The number of allylic oxidation sites excluding steroid dienone is 2. The van der Waals surface area contributed by atoms with Crippen molar-refractivity contribution in [3.8, 4) is 0 Å². The Morgan fingerprint density at radius 2 is 1.82 bits per heavy atom. The molecule has 0 spiro atoms. The molecule has 1 aliphatic carbocycles. The van der Waals surface area contributed by atoms with Crippen LogP contribution in [0.15, 0.2) is 90.9 Å². The lowest BCUT2D eigenvalue weighted by molar-refractivity contribution is 0.353. The van der Waals surface area contributed by atoms with E-state index in [0.717, 1.165) is 67.7 Å². The van der Waals surface area contributed by atoms with E-state index in [9.17, 15) is 0 Å². The zero-order chi connectivity index (χ0) is 28.0. The summed E-state index contributed by atoms with van der Waals surface area (Å²) in [5.74, 6) is 1.13. The number of nitrogens with one attached hydrogen (secondary N) is 1.